The smallest absolute Gasteiger partial charge is 0.223 e. The van der Waals surface area contributed by atoms with Crippen LogP contribution in [-0.4, -0.2) is 38.4 Å². The van der Waals surface area contributed by atoms with Crippen LogP contribution in [0.5, 0.6) is 0 Å². The monoisotopic (exact) mass is 315 g/mol. The number of H-pyrrole nitrogens is 1. The lowest BCUT2D eigenvalue weighted by atomic mass is 9.87. The zero-order valence-electron chi connectivity index (χ0n) is 13.8. The maximum absolute atomic E-state index is 12.3. The van der Waals surface area contributed by atoms with E-state index in [1.165, 1.54) is 5.56 Å². The molecule has 0 aliphatic carbocycles. The Balaban J connectivity index is 1.73. The molecule has 0 spiro atoms. The van der Waals surface area contributed by atoms with E-state index in [4.69, 9.17) is 0 Å². The highest BCUT2D eigenvalue weighted by Gasteiger charge is 2.37. The van der Waals surface area contributed by atoms with Crippen LogP contribution in [0.25, 0.3) is 0 Å². The first-order chi connectivity index (χ1) is 11.2. The third kappa shape index (κ3) is 3.32. The number of piperidine rings is 1. The zero-order valence-corrected chi connectivity index (χ0v) is 13.8. The fourth-order valence-electron chi connectivity index (χ4n) is 3.49. The van der Waals surface area contributed by atoms with Crippen molar-refractivity contribution >= 4 is 5.91 Å². The van der Waals surface area contributed by atoms with Gasteiger partial charge in [-0.25, -0.2) is 4.98 Å². The number of carbonyl (C=O) groups excluding carboxylic acids is 1. The van der Waals surface area contributed by atoms with Crippen LogP contribution in [0, 0.1) is 5.92 Å². The number of hydrogen-bond donors (Lipinski definition) is 2. The molecule has 6 heteroatoms. The molecule has 0 bridgehead atoms. The van der Waals surface area contributed by atoms with Gasteiger partial charge in [-0.1, -0.05) is 0 Å². The van der Waals surface area contributed by atoms with Gasteiger partial charge < -0.3 is 19.8 Å². The summed E-state index contributed by atoms with van der Waals surface area (Å²) in [6.45, 7) is 4.49. The Kier molecular flexibility index (Phi) is 4.81. The molecule has 2 aromatic heterocycles. The lowest BCUT2D eigenvalue weighted by Gasteiger charge is -2.40. The van der Waals surface area contributed by atoms with Crippen molar-refractivity contribution in [2.45, 2.75) is 32.4 Å². The van der Waals surface area contributed by atoms with Gasteiger partial charge in [0.2, 0.25) is 5.91 Å². The fourth-order valence-corrected chi connectivity index (χ4v) is 3.49. The van der Waals surface area contributed by atoms with Gasteiger partial charge in [0, 0.05) is 57.9 Å². The summed E-state index contributed by atoms with van der Waals surface area (Å²) in [6, 6.07) is 2.13. The number of carbonyl (C=O) groups is 1. The van der Waals surface area contributed by atoms with Crippen LogP contribution in [0.15, 0.2) is 30.9 Å². The minimum absolute atomic E-state index is 0.0555. The number of rotatable bonds is 6. The van der Waals surface area contributed by atoms with Crippen LogP contribution in [0.3, 0.4) is 0 Å². The number of imidazole rings is 1. The summed E-state index contributed by atoms with van der Waals surface area (Å²) in [5, 5.41) is 3.53. The van der Waals surface area contributed by atoms with Gasteiger partial charge in [-0.2, -0.15) is 0 Å². The van der Waals surface area contributed by atoms with Gasteiger partial charge in [0.1, 0.15) is 5.82 Å². The van der Waals surface area contributed by atoms with Gasteiger partial charge in [-0.15, -0.1) is 0 Å². The van der Waals surface area contributed by atoms with E-state index in [0.717, 1.165) is 31.9 Å². The molecule has 2 aromatic rings. The molecule has 0 aromatic carbocycles. The molecule has 2 atom stereocenters. The molecule has 1 aliphatic rings. The van der Waals surface area contributed by atoms with Crippen molar-refractivity contribution in [3.05, 3.63) is 42.2 Å². The number of aryl methyl sites for hydroxylation is 1. The average Bonchev–Trinajstić information content (AvgIpc) is 3.20. The number of nitrogens with one attached hydrogen (secondary N) is 2. The van der Waals surface area contributed by atoms with Gasteiger partial charge in [0.15, 0.2) is 0 Å². The van der Waals surface area contributed by atoms with Crippen LogP contribution < -0.4 is 5.32 Å². The van der Waals surface area contributed by atoms with Crippen LogP contribution in [0.4, 0.5) is 0 Å². The predicted octanol–water partition coefficient (Wildman–Crippen LogP) is 1.84. The fraction of sp³-hybridized carbons (Fsp3) is 0.529. The first-order valence-electron chi connectivity index (χ1n) is 8.29. The molecular weight excluding hydrogens is 290 g/mol. The molecule has 0 saturated carbocycles. The van der Waals surface area contributed by atoms with Gasteiger partial charge >= 0.3 is 0 Å². The van der Waals surface area contributed by atoms with E-state index in [0.29, 0.717) is 12.3 Å². The first-order valence-corrected chi connectivity index (χ1v) is 8.29. The van der Waals surface area contributed by atoms with Crippen LogP contribution in [0.1, 0.15) is 37.2 Å². The summed E-state index contributed by atoms with van der Waals surface area (Å²) in [6.07, 6.45) is 9.25. The third-order valence-electron chi connectivity index (χ3n) is 4.69. The van der Waals surface area contributed by atoms with E-state index < -0.39 is 0 Å². The Morgan fingerprint density at radius 1 is 1.48 bits per heavy atom. The molecule has 124 valence electrons. The summed E-state index contributed by atoms with van der Waals surface area (Å²) in [5.41, 5.74) is 1.25. The summed E-state index contributed by atoms with van der Waals surface area (Å²) >= 11 is 0. The number of aromatic nitrogens is 3. The maximum Gasteiger partial charge on any atom is 0.223 e. The van der Waals surface area contributed by atoms with Crippen LogP contribution >= 0.6 is 0 Å². The Morgan fingerprint density at radius 2 is 2.35 bits per heavy atom. The molecule has 3 rings (SSSR count). The molecule has 3 heterocycles. The van der Waals surface area contributed by atoms with Gasteiger partial charge in [-0.05, 0) is 30.9 Å². The largest absolute Gasteiger partial charge is 0.367 e. The summed E-state index contributed by atoms with van der Waals surface area (Å²) < 4.78 is 2.03. The second-order valence-corrected chi connectivity index (χ2v) is 6.17. The minimum Gasteiger partial charge on any atom is -0.367 e. The van der Waals surface area contributed by atoms with Crippen molar-refractivity contribution in [2.24, 2.45) is 13.0 Å². The van der Waals surface area contributed by atoms with Gasteiger partial charge in [0.05, 0.1) is 6.04 Å². The molecule has 0 unspecified atom stereocenters. The molecule has 1 saturated heterocycles. The molecule has 23 heavy (non-hydrogen) atoms. The van der Waals surface area contributed by atoms with Gasteiger partial charge in [-0.3, -0.25) is 4.79 Å². The van der Waals surface area contributed by atoms with Crippen LogP contribution in [0.2, 0.25) is 0 Å². The Hall–Kier alpha value is -2.08. The topological polar surface area (TPSA) is 66.0 Å². The summed E-state index contributed by atoms with van der Waals surface area (Å²) in [5.74, 6) is 1.60. The Labute approximate surface area is 136 Å². The highest BCUT2D eigenvalue weighted by Crippen LogP contribution is 2.35. The van der Waals surface area contributed by atoms with Crippen molar-refractivity contribution < 1.29 is 4.79 Å². The average molecular weight is 315 g/mol. The van der Waals surface area contributed by atoms with Crippen molar-refractivity contribution in [1.29, 1.82) is 0 Å². The number of aromatic amines is 1. The molecular formula is C17H25N5O. The number of likely N-dealkylation sites (tertiary alicyclic amines) is 1. The quantitative estimate of drug-likeness (QED) is 0.855. The maximum atomic E-state index is 12.3. The SMILES string of the molecule is CCN1C(=O)CC[C@H](CNCc2cc[nH]c2)[C@H]1c1nccn1C. The number of nitrogens with zero attached hydrogens (tertiary/aromatic N) is 3. The summed E-state index contributed by atoms with van der Waals surface area (Å²) in [7, 11) is 2.00. The van der Waals surface area contributed by atoms with Gasteiger partial charge in [0.25, 0.3) is 0 Å². The van der Waals surface area contributed by atoms with E-state index >= 15 is 0 Å². The predicted molar refractivity (Wildman–Crippen MR) is 88.6 cm³/mol. The molecule has 2 N–H and O–H groups in total. The van der Waals surface area contributed by atoms with E-state index in [1.807, 2.05) is 48.2 Å². The zero-order chi connectivity index (χ0) is 16.2. The second kappa shape index (κ2) is 7.00. The molecule has 1 fully saturated rings. The Morgan fingerprint density at radius 3 is 3.00 bits per heavy atom. The molecule has 6 nitrogen and oxygen atoms in total. The minimum atomic E-state index is 0.0555. The van der Waals surface area contributed by atoms with E-state index in [-0.39, 0.29) is 11.9 Å². The third-order valence-corrected chi connectivity index (χ3v) is 4.69. The lowest BCUT2D eigenvalue weighted by molar-refractivity contribution is -0.139. The highest BCUT2D eigenvalue weighted by molar-refractivity contribution is 5.77. The second-order valence-electron chi connectivity index (χ2n) is 6.17. The van der Waals surface area contributed by atoms with E-state index in [1.54, 1.807) is 0 Å². The molecule has 0 radical (unpaired) electrons. The normalized spacial score (nSPS) is 21.8. The van der Waals surface area contributed by atoms with E-state index in [2.05, 4.69) is 21.4 Å². The van der Waals surface area contributed by atoms with Crippen molar-refractivity contribution in [3.8, 4) is 0 Å². The lowest BCUT2D eigenvalue weighted by Crippen LogP contribution is -2.46. The first kappa shape index (κ1) is 15.8. The Bertz CT molecular complexity index is 633. The molecule has 1 amide bonds. The van der Waals surface area contributed by atoms with E-state index in [9.17, 15) is 4.79 Å². The standard InChI is InChI=1S/C17H25N5O/c1-3-22-15(23)5-4-14(12-19-11-13-6-7-18-10-13)16(22)17-20-8-9-21(17)2/h6-10,14,16,18-19H,3-5,11-12H2,1-2H3/t14-,16+/m1/s1. The van der Waals surface area contributed by atoms with Crippen molar-refractivity contribution in [3.63, 3.8) is 0 Å². The number of hydrogen-bond acceptors (Lipinski definition) is 3. The number of amides is 1. The highest BCUT2D eigenvalue weighted by atomic mass is 16.2. The van der Waals surface area contributed by atoms with Crippen molar-refractivity contribution in [1.82, 2.24) is 24.8 Å². The molecule has 1 aliphatic heterocycles. The van der Waals surface area contributed by atoms with Crippen molar-refractivity contribution in [2.75, 3.05) is 13.1 Å². The van der Waals surface area contributed by atoms with Crippen LogP contribution in [-0.2, 0) is 18.4 Å². The summed E-state index contributed by atoms with van der Waals surface area (Å²) in [4.78, 5) is 21.9.